The lowest BCUT2D eigenvalue weighted by Gasteiger charge is -2.04. The van der Waals surface area contributed by atoms with E-state index in [-0.39, 0.29) is 0 Å². The molecule has 3 N–H and O–H groups in total. The van der Waals surface area contributed by atoms with Gasteiger partial charge in [0.15, 0.2) is 0 Å². The van der Waals surface area contributed by atoms with Gasteiger partial charge in [-0.05, 0) is 24.1 Å². The molecule has 5 heteroatoms. The van der Waals surface area contributed by atoms with E-state index < -0.39 is 10.0 Å². The van der Waals surface area contributed by atoms with Gasteiger partial charge in [0, 0.05) is 6.54 Å². The summed E-state index contributed by atoms with van der Waals surface area (Å²) < 4.78 is 24.1. The van der Waals surface area contributed by atoms with Crippen molar-refractivity contribution in [2.45, 2.75) is 13.0 Å². The highest BCUT2D eigenvalue weighted by Gasteiger charge is 2.00. The van der Waals surface area contributed by atoms with Crippen molar-refractivity contribution in [1.29, 1.82) is 0 Å². The third kappa shape index (κ3) is 4.92. The first-order valence-corrected chi connectivity index (χ1v) is 6.63. The van der Waals surface area contributed by atoms with Crippen molar-refractivity contribution in [3.8, 4) is 0 Å². The summed E-state index contributed by atoms with van der Waals surface area (Å²) in [6, 6.07) is 7.74. The maximum absolute atomic E-state index is 10.8. The Morgan fingerprint density at radius 3 is 2.20 bits per heavy atom. The topological polar surface area (TPSA) is 72.2 Å². The first-order valence-electron chi connectivity index (χ1n) is 4.74. The monoisotopic (exact) mass is 228 g/mol. The predicted molar refractivity (Wildman–Crippen MR) is 60.9 cm³/mol. The van der Waals surface area contributed by atoms with Crippen molar-refractivity contribution in [3.05, 3.63) is 35.4 Å². The number of hydrogen-bond acceptors (Lipinski definition) is 3. The van der Waals surface area contributed by atoms with E-state index in [1.54, 1.807) is 0 Å². The molecule has 0 radical (unpaired) electrons. The van der Waals surface area contributed by atoms with E-state index >= 15 is 0 Å². The smallest absolute Gasteiger partial charge is 0.209 e. The molecule has 4 nitrogen and oxygen atoms in total. The van der Waals surface area contributed by atoms with E-state index in [0.717, 1.165) is 18.2 Å². The molecule has 0 bridgehead atoms. The summed E-state index contributed by atoms with van der Waals surface area (Å²) in [6.45, 7) is 0.961. The number of nitrogens with two attached hydrogens (primary N) is 1. The number of nitrogens with one attached hydrogen (secondary N) is 1. The fourth-order valence-corrected chi connectivity index (χ4v) is 1.63. The molecule has 84 valence electrons. The molecule has 0 fully saturated rings. The lowest BCUT2D eigenvalue weighted by molar-refractivity contribution is 0.587. The summed E-state index contributed by atoms with van der Waals surface area (Å²) in [7, 11) is -3.11. The van der Waals surface area contributed by atoms with E-state index in [0.29, 0.717) is 13.1 Å². The van der Waals surface area contributed by atoms with Crippen LogP contribution >= 0.6 is 0 Å². The summed E-state index contributed by atoms with van der Waals surface area (Å²) in [4.78, 5) is 0. The summed E-state index contributed by atoms with van der Waals surface area (Å²) >= 11 is 0. The lowest BCUT2D eigenvalue weighted by Crippen LogP contribution is -2.21. The zero-order valence-electron chi connectivity index (χ0n) is 8.73. The molecule has 1 aromatic rings. The molecule has 0 spiro atoms. The first kappa shape index (κ1) is 12.2. The van der Waals surface area contributed by atoms with E-state index in [2.05, 4.69) is 4.72 Å². The molecule has 1 rings (SSSR count). The average molecular weight is 228 g/mol. The average Bonchev–Trinajstić information content (AvgIpc) is 2.16. The van der Waals surface area contributed by atoms with Gasteiger partial charge < -0.3 is 5.73 Å². The highest BCUT2D eigenvalue weighted by molar-refractivity contribution is 7.88. The fraction of sp³-hybridized carbons (Fsp3) is 0.400. The van der Waals surface area contributed by atoms with Crippen LogP contribution in [0.1, 0.15) is 11.1 Å². The van der Waals surface area contributed by atoms with Crippen molar-refractivity contribution >= 4 is 10.0 Å². The molecule has 0 amide bonds. The fourth-order valence-electron chi connectivity index (χ4n) is 1.20. The van der Waals surface area contributed by atoms with Gasteiger partial charge in [-0.1, -0.05) is 24.3 Å². The number of hydrogen-bond donors (Lipinski definition) is 2. The number of benzene rings is 1. The molecule has 0 aliphatic carbocycles. The molecule has 0 saturated heterocycles. The Morgan fingerprint density at radius 2 is 1.73 bits per heavy atom. The van der Waals surface area contributed by atoms with Gasteiger partial charge in [0.2, 0.25) is 10.0 Å². The van der Waals surface area contributed by atoms with Crippen LogP contribution in [0.3, 0.4) is 0 Å². The molecule has 15 heavy (non-hydrogen) atoms. The predicted octanol–water partition coefficient (Wildman–Crippen LogP) is 0.237. The molecule has 0 saturated carbocycles. The normalized spacial score (nSPS) is 11.6. The summed E-state index contributed by atoms with van der Waals surface area (Å²) in [5, 5.41) is 0. The van der Waals surface area contributed by atoms with E-state index in [1.165, 1.54) is 5.56 Å². The molecule has 1 aromatic carbocycles. The molecular formula is C10H16N2O2S. The Bertz CT molecular complexity index is 398. The van der Waals surface area contributed by atoms with Crippen LogP contribution in [0, 0.1) is 0 Å². The van der Waals surface area contributed by atoms with Crippen molar-refractivity contribution in [3.63, 3.8) is 0 Å². The van der Waals surface area contributed by atoms with Gasteiger partial charge in [0.25, 0.3) is 0 Å². The summed E-state index contributed by atoms with van der Waals surface area (Å²) in [5.41, 5.74) is 7.54. The third-order valence-electron chi connectivity index (χ3n) is 1.99. The van der Waals surface area contributed by atoms with Crippen LogP contribution in [0.25, 0.3) is 0 Å². The molecule has 0 aliphatic heterocycles. The van der Waals surface area contributed by atoms with Gasteiger partial charge >= 0.3 is 0 Å². The second-order valence-corrected chi connectivity index (χ2v) is 5.28. The molecule has 0 heterocycles. The summed E-state index contributed by atoms with van der Waals surface area (Å²) in [6.07, 6.45) is 2.00. The van der Waals surface area contributed by atoms with Gasteiger partial charge in [-0.15, -0.1) is 0 Å². The van der Waals surface area contributed by atoms with Gasteiger partial charge in [-0.2, -0.15) is 0 Å². The highest BCUT2D eigenvalue weighted by Crippen LogP contribution is 2.04. The van der Waals surface area contributed by atoms with Crippen molar-refractivity contribution in [2.75, 3.05) is 12.8 Å². The number of sulfonamides is 1. The Balaban J connectivity index is 2.57. The van der Waals surface area contributed by atoms with Crippen molar-refractivity contribution < 1.29 is 8.42 Å². The van der Waals surface area contributed by atoms with Crippen LogP contribution in [0.5, 0.6) is 0 Å². The van der Waals surface area contributed by atoms with E-state index in [9.17, 15) is 8.42 Å². The number of rotatable bonds is 5. The van der Waals surface area contributed by atoms with E-state index in [1.807, 2.05) is 24.3 Å². The minimum absolute atomic E-state index is 0.335. The molecule has 0 aromatic heterocycles. The zero-order valence-corrected chi connectivity index (χ0v) is 9.55. The van der Waals surface area contributed by atoms with Gasteiger partial charge in [0.1, 0.15) is 0 Å². The summed E-state index contributed by atoms with van der Waals surface area (Å²) in [5.74, 6) is 0. The van der Waals surface area contributed by atoms with Crippen LogP contribution in [0.2, 0.25) is 0 Å². The van der Waals surface area contributed by atoms with Crippen LogP contribution < -0.4 is 10.5 Å². The maximum atomic E-state index is 10.8. The third-order valence-corrected chi connectivity index (χ3v) is 2.66. The Hall–Kier alpha value is -0.910. The van der Waals surface area contributed by atoms with Gasteiger partial charge in [-0.25, -0.2) is 13.1 Å². The van der Waals surface area contributed by atoms with Crippen LogP contribution in [-0.2, 0) is 23.0 Å². The molecule has 0 atom stereocenters. The van der Waals surface area contributed by atoms with Gasteiger partial charge in [0.05, 0.1) is 6.26 Å². The second kappa shape index (κ2) is 5.25. The lowest BCUT2D eigenvalue weighted by atomic mass is 10.1. The maximum Gasteiger partial charge on any atom is 0.209 e. The minimum atomic E-state index is -3.11. The quantitative estimate of drug-likeness (QED) is 0.758. The SMILES string of the molecule is CS(=O)(=O)NCc1ccc(CCN)cc1. The second-order valence-electron chi connectivity index (χ2n) is 3.45. The first-order chi connectivity index (χ1) is 7.01. The van der Waals surface area contributed by atoms with Crippen LogP contribution in [0.15, 0.2) is 24.3 Å². The standard InChI is InChI=1S/C10H16N2O2S/c1-15(13,14)12-8-10-4-2-9(3-5-10)6-7-11/h2-5,12H,6-8,11H2,1H3. The Morgan fingerprint density at radius 1 is 1.20 bits per heavy atom. The zero-order chi connectivity index (χ0) is 11.3. The van der Waals surface area contributed by atoms with Crippen LogP contribution in [0.4, 0.5) is 0 Å². The van der Waals surface area contributed by atoms with Crippen LogP contribution in [-0.4, -0.2) is 21.2 Å². The van der Waals surface area contributed by atoms with Crippen molar-refractivity contribution in [2.24, 2.45) is 5.73 Å². The highest BCUT2D eigenvalue weighted by atomic mass is 32.2. The van der Waals surface area contributed by atoms with Gasteiger partial charge in [-0.3, -0.25) is 0 Å². The Kier molecular flexibility index (Phi) is 4.26. The largest absolute Gasteiger partial charge is 0.330 e. The Labute approximate surface area is 90.5 Å². The minimum Gasteiger partial charge on any atom is -0.330 e. The van der Waals surface area contributed by atoms with E-state index in [4.69, 9.17) is 5.73 Å². The molecule has 0 unspecified atom stereocenters. The van der Waals surface area contributed by atoms with Crippen molar-refractivity contribution in [1.82, 2.24) is 4.72 Å². The molecular weight excluding hydrogens is 212 g/mol. The molecule has 0 aliphatic rings.